The molecule has 6 heteroatoms. The van der Waals surface area contributed by atoms with Crippen molar-refractivity contribution in [3.8, 4) is 0 Å². The van der Waals surface area contributed by atoms with Gasteiger partial charge in [-0.05, 0) is 24.3 Å². The monoisotopic (exact) mass is 271 g/mol. The minimum absolute atomic E-state index is 0.131. The summed E-state index contributed by atoms with van der Waals surface area (Å²) in [7, 11) is 1.59. The summed E-state index contributed by atoms with van der Waals surface area (Å²) >= 11 is 0. The first-order valence-corrected chi connectivity index (χ1v) is 5.94. The van der Waals surface area contributed by atoms with Crippen LogP contribution >= 0.6 is 0 Å². The van der Waals surface area contributed by atoms with Crippen molar-refractivity contribution in [1.29, 1.82) is 0 Å². The summed E-state index contributed by atoms with van der Waals surface area (Å²) < 4.78 is 0. The van der Waals surface area contributed by atoms with Gasteiger partial charge in [-0.1, -0.05) is 18.2 Å². The van der Waals surface area contributed by atoms with Gasteiger partial charge in [0.05, 0.1) is 4.92 Å². The Balaban J connectivity index is 2.27. The van der Waals surface area contributed by atoms with E-state index >= 15 is 0 Å². The van der Waals surface area contributed by atoms with Crippen molar-refractivity contribution in [3.05, 3.63) is 64.2 Å². The second-order valence-electron chi connectivity index (χ2n) is 4.06. The fourth-order valence-corrected chi connectivity index (χ4v) is 1.76. The van der Waals surface area contributed by atoms with Crippen LogP contribution in [0.3, 0.4) is 0 Å². The minimum atomic E-state index is -0.523. The quantitative estimate of drug-likeness (QED) is 0.661. The van der Waals surface area contributed by atoms with E-state index in [-0.39, 0.29) is 17.2 Å². The highest BCUT2D eigenvalue weighted by molar-refractivity contribution is 6.05. The first-order valence-electron chi connectivity index (χ1n) is 5.94. The van der Waals surface area contributed by atoms with Gasteiger partial charge in [0, 0.05) is 24.4 Å². The molecule has 2 rings (SSSR count). The smallest absolute Gasteiger partial charge is 0.293 e. The number of nitro groups is 1. The summed E-state index contributed by atoms with van der Waals surface area (Å²) in [6.45, 7) is 0. The predicted molar refractivity (Wildman–Crippen MR) is 77.0 cm³/mol. The highest BCUT2D eigenvalue weighted by Gasteiger charge is 2.16. The molecule has 1 amide bonds. The third-order valence-electron chi connectivity index (χ3n) is 2.76. The zero-order valence-corrected chi connectivity index (χ0v) is 10.8. The number of nitrogens with one attached hydrogen (secondary N) is 2. The Morgan fingerprint density at radius 1 is 1.15 bits per heavy atom. The standard InChI is InChI=1S/C14H13N3O3/c1-15-12-8-7-10(9-13(12)17(19)20)14(18)16-11-5-3-2-4-6-11/h2-9,15H,1H3,(H,16,18). The van der Waals surface area contributed by atoms with E-state index in [4.69, 9.17) is 0 Å². The van der Waals surface area contributed by atoms with E-state index in [1.54, 1.807) is 31.3 Å². The second kappa shape index (κ2) is 5.83. The van der Waals surface area contributed by atoms with Gasteiger partial charge in [-0.25, -0.2) is 0 Å². The van der Waals surface area contributed by atoms with Gasteiger partial charge in [-0.2, -0.15) is 0 Å². The molecule has 6 nitrogen and oxygen atoms in total. The second-order valence-corrected chi connectivity index (χ2v) is 4.06. The van der Waals surface area contributed by atoms with Crippen LogP contribution in [0.5, 0.6) is 0 Å². The molecule has 0 saturated heterocycles. The maximum Gasteiger partial charge on any atom is 0.293 e. The average Bonchev–Trinajstić information content (AvgIpc) is 2.47. The largest absolute Gasteiger partial charge is 0.383 e. The Labute approximate surface area is 115 Å². The summed E-state index contributed by atoms with van der Waals surface area (Å²) in [5.74, 6) is -0.387. The SMILES string of the molecule is CNc1ccc(C(=O)Nc2ccccc2)cc1[N+](=O)[O-]. The number of hydrogen-bond acceptors (Lipinski definition) is 4. The molecule has 0 heterocycles. The van der Waals surface area contributed by atoms with Crippen LogP contribution in [-0.2, 0) is 0 Å². The van der Waals surface area contributed by atoms with Gasteiger partial charge in [0.1, 0.15) is 5.69 Å². The number of benzene rings is 2. The molecular weight excluding hydrogens is 258 g/mol. The van der Waals surface area contributed by atoms with Crippen LogP contribution in [0, 0.1) is 10.1 Å². The first kappa shape index (κ1) is 13.5. The van der Waals surface area contributed by atoms with Crippen LogP contribution in [0.4, 0.5) is 17.1 Å². The van der Waals surface area contributed by atoms with Crippen LogP contribution in [-0.4, -0.2) is 17.9 Å². The highest BCUT2D eigenvalue weighted by atomic mass is 16.6. The zero-order valence-electron chi connectivity index (χ0n) is 10.8. The molecule has 0 atom stereocenters. The summed E-state index contributed by atoms with van der Waals surface area (Å²) in [6, 6.07) is 13.2. The third-order valence-corrected chi connectivity index (χ3v) is 2.76. The molecule has 2 aromatic carbocycles. The molecule has 0 fully saturated rings. The molecule has 0 aromatic heterocycles. The van der Waals surface area contributed by atoms with Gasteiger partial charge in [0.25, 0.3) is 11.6 Å². The topological polar surface area (TPSA) is 84.3 Å². The lowest BCUT2D eigenvalue weighted by atomic mass is 10.1. The number of para-hydroxylation sites is 1. The summed E-state index contributed by atoms with van der Waals surface area (Å²) in [5, 5.41) is 16.3. The van der Waals surface area contributed by atoms with Crippen LogP contribution < -0.4 is 10.6 Å². The lowest BCUT2D eigenvalue weighted by molar-refractivity contribution is -0.384. The number of carbonyl (C=O) groups is 1. The van der Waals surface area contributed by atoms with Gasteiger partial charge in [0.2, 0.25) is 0 Å². The van der Waals surface area contributed by atoms with Crippen molar-refractivity contribution in [2.24, 2.45) is 0 Å². The van der Waals surface area contributed by atoms with Gasteiger partial charge in [-0.15, -0.1) is 0 Å². The lowest BCUT2D eigenvalue weighted by Gasteiger charge is -2.07. The molecule has 2 N–H and O–H groups in total. The lowest BCUT2D eigenvalue weighted by Crippen LogP contribution is -2.12. The molecule has 0 saturated carbocycles. The van der Waals surface area contributed by atoms with E-state index in [1.807, 2.05) is 6.07 Å². The van der Waals surface area contributed by atoms with Crippen LogP contribution in [0.25, 0.3) is 0 Å². The summed E-state index contributed by atoms with van der Waals surface area (Å²) in [6.07, 6.45) is 0. The Morgan fingerprint density at radius 2 is 1.85 bits per heavy atom. The van der Waals surface area contributed by atoms with E-state index < -0.39 is 4.92 Å². The minimum Gasteiger partial charge on any atom is -0.383 e. The molecule has 20 heavy (non-hydrogen) atoms. The molecule has 0 aliphatic rings. The highest BCUT2D eigenvalue weighted by Crippen LogP contribution is 2.25. The summed E-state index contributed by atoms with van der Waals surface area (Å²) in [5.41, 5.74) is 1.11. The molecule has 102 valence electrons. The van der Waals surface area contributed by atoms with Crippen molar-refractivity contribution in [1.82, 2.24) is 0 Å². The fraction of sp³-hybridized carbons (Fsp3) is 0.0714. The number of nitro benzene ring substituents is 1. The molecular formula is C14H13N3O3. The van der Waals surface area contributed by atoms with Gasteiger partial charge in [0.15, 0.2) is 0 Å². The van der Waals surface area contributed by atoms with E-state index in [1.165, 1.54) is 18.2 Å². The van der Waals surface area contributed by atoms with Gasteiger partial charge in [-0.3, -0.25) is 14.9 Å². The Kier molecular flexibility index (Phi) is 3.95. The molecule has 0 unspecified atom stereocenters. The van der Waals surface area contributed by atoms with Gasteiger partial charge < -0.3 is 10.6 Å². The maximum atomic E-state index is 12.0. The molecule has 0 aliphatic carbocycles. The van der Waals surface area contributed by atoms with Crippen molar-refractivity contribution < 1.29 is 9.72 Å². The van der Waals surface area contributed by atoms with Crippen LogP contribution in [0.1, 0.15) is 10.4 Å². The Morgan fingerprint density at radius 3 is 2.45 bits per heavy atom. The van der Waals surface area contributed by atoms with Crippen molar-refractivity contribution in [3.63, 3.8) is 0 Å². The third kappa shape index (κ3) is 2.92. The molecule has 0 spiro atoms. The van der Waals surface area contributed by atoms with E-state index in [0.717, 1.165) is 0 Å². The fourth-order valence-electron chi connectivity index (χ4n) is 1.76. The van der Waals surface area contributed by atoms with E-state index in [0.29, 0.717) is 11.4 Å². The number of hydrogen-bond donors (Lipinski definition) is 2. The number of nitrogens with zero attached hydrogens (tertiary/aromatic N) is 1. The zero-order chi connectivity index (χ0) is 14.5. The Hall–Kier alpha value is -2.89. The average molecular weight is 271 g/mol. The maximum absolute atomic E-state index is 12.0. The number of carbonyl (C=O) groups excluding carboxylic acids is 1. The molecule has 2 aromatic rings. The van der Waals surface area contributed by atoms with Crippen LogP contribution in [0.2, 0.25) is 0 Å². The Bertz CT molecular complexity index is 641. The normalized spacial score (nSPS) is 9.85. The number of anilines is 2. The first-order chi connectivity index (χ1) is 9.61. The van der Waals surface area contributed by atoms with Crippen molar-refractivity contribution in [2.45, 2.75) is 0 Å². The molecule has 0 radical (unpaired) electrons. The molecule has 0 bridgehead atoms. The van der Waals surface area contributed by atoms with Crippen LogP contribution in [0.15, 0.2) is 48.5 Å². The van der Waals surface area contributed by atoms with Gasteiger partial charge >= 0.3 is 0 Å². The van der Waals surface area contributed by atoms with E-state index in [9.17, 15) is 14.9 Å². The van der Waals surface area contributed by atoms with Crippen molar-refractivity contribution in [2.75, 3.05) is 17.7 Å². The summed E-state index contributed by atoms with van der Waals surface area (Å²) in [4.78, 5) is 22.5. The number of amides is 1. The van der Waals surface area contributed by atoms with E-state index in [2.05, 4.69) is 10.6 Å². The van der Waals surface area contributed by atoms with Crippen molar-refractivity contribution >= 4 is 23.0 Å². The predicted octanol–water partition coefficient (Wildman–Crippen LogP) is 2.89. The molecule has 0 aliphatic heterocycles. The number of rotatable bonds is 4.